The lowest BCUT2D eigenvalue weighted by Crippen LogP contribution is -2.47. The van der Waals surface area contributed by atoms with Crippen LogP contribution in [0.1, 0.15) is 33.4 Å². The van der Waals surface area contributed by atoms with Gasteiger partial charge < -0.3 is 71.8 Å². The van der Waals surface area contributed by atoms with Crippen LogP contribution < -0.4 is 49.0 Å². The van der Waals surface area contributed by atoms with E-state index >= 15 is 0 Å². The van der Waals surface area contributed by atoms with Crippen molar-refractivity contribution < 1.29 is 83.4 Å². The Morgan fingerprint density at radius 2 is 0.490 bits per heavy atom. The number of pyridine rings is 3. The van der Waals surface area contributed by atoms with Gasteiger partial charge in [0.2, 0.25) is 35.7 Å². The van der Waals surface area contributed by atoms with Crippen LogP contribution in [0.15, 0.2) is 262 Å². The Balaban J connectivity index is 0.000000130. The van der Waals surface area contributed by atoms with Crippen LogP contribution in [0.3, 0.4) is 0 Å². The summed E-state index contributed by atoms with van der Waals surface area (Å²) in [5.74, 6) is 4.25. The standard InChI is InChI=1S/C21H19F6N5.C21H20F4N4.2C20H20F3N5.C19H19F3N6/c1-30-13-17(14-3-2-4-15(11-14)20(22,23)24)29-19(30)32-9-7-31(8-10-32)18-12-16(5-6-28-18)21(25,26)27;1-27-14-19(15-3-2-4-16(13-15)21(23,24)25)26-20(27)29-11-9-28(10-12-29)18-7-5-17(22)6-8-18;1-26-14-18(15-4-2-5-16(12-15)20(21,22)23)25-19(26)28-10-8-27(9-11-28)17-6-3-7-24-13-17;1-26-14-18(15-3-2-4-16(13-15)20(21,22)23)25-19(26)28-11-9-27(10-12-28)17-5-7-24-8-6-17;1-26-13-16(14-4-2-5-15(12-14)19(20,21)22)25-18(26)28-10-8-27(9-11-28)17-23-6-3-7-24-17/h2-6,11-13H,7-10H2,1H3;2-8,13-14H,9-12H2,1H3;2-7,12-14H,8-11H2,1H3;2-8,13-14H,9-12H2,1H3;2-7,12-13H,8-11H2,1H3. The van der Waals surface area contributed by atoms with Crippen molar-refractivity contribution in [2.45, 2.75) is 37.1 Å². The fourth-order valence-electron chi connectivity index (χ4n) is 17.4. The molecular formula is C101H98F19N25. The summed E-state index contributed by atoms with van der Waals surface area (Å²) in [7, 11) is 9.18. The van der Waals surface area contributed by atoms with Crippen molar-refractivity contribution >= 4 is 58.6 Å². The molecule has 5 saturated heterocycles. The second kappa shape index (κ2) is 43.4. The Bertz CT molecular complexity index is 6420. The van der Waals surface area contributed by atoms with E-state index in [1.54, 1.807) is 127 Å². The summed E-state index contributed by atoms with van der Waals surface area (Å²) >= 11 is 0. The smallest absolute Gasteiger partial charge is 0.368 e. The van der Waals surface area contributed by atoms with Gasteiger partial charge in [-0.2, -0.15) is 79.0 Å². The maximum absolute atomic E-state index is 13.1. The Labute approximate surface area is 821 Å². The van der Waals surface area contributed by atoms with E-state index in [-0.39, 0.29) is 11.6 Å². The number of rotatable bonds is 15. The number of aryl methyl sites for hydroxylation is 5. The molecule has 0 spiro atoms. The molecule has 0 atom stereocenters. The molecule has 5 aliphatic heterocycles. The van der Waals surface area contributed by atoms with Crippen molar-refractivity contribution in [1.82, 2.24) is 72.7 Å². The van der Waals surface area contributed by atoms with Crippen LogP contribution in [0.5, 0.6) is 0 Å². The van der Waals surface area contributed by atoms with E-state index in [2.05, 4.69) is 89.0 Å². The van der Waals surface area contributed by atoms with E-state index in [4.69, 9.17) is 0 Å². The molecule has 6 aromatic carbocycles. The number of aromatic nitrogens is 15. The number of nitrogens with zero attached hydrogens (tertiary/aromatic N) is 25. The number of halogens is 19. The minimum absolute atomic E-state index is 0.254. The third-order valence-electron chi connectivity index (χ3n) is 25.0. The fraction of sp³-hybridized carbons (Fsp3) is 0.307. The van der Waals surface area contributed by atoms with E-state index in [1.807, 2.05) is 81.8 Å². The van der Waals surface area contributed by atoms with Crippen molar-refractivity contribution in [3.05, 3.63) is 302 Å². The van der Waals surface area contributed by atoms with Crippen molar-refractivity contribution in [3.63, 3.8) is 0 Å². The molecule has 14 heterocycles. The third-order valence-corrected chi connectivity index (χ3v) is 25.0. The van der Waals surface area contributed by atoms with Gasteiger partial charge in [-0.25, -0.2) is 44.3 Å². The maximum Gasteiger partial charge on any atom is 0.416 e. The quantitative estimate of drug-likeness (QED) is 0.0881. The van der Waals surface area contributed by atoms with Gasteiger partial charge in [-0.05, 0) is 127 Å². The summed E-state index contributed by atoms with van der Waals surface area (Å²) in [6.45, 7) is 14.2. The van der Waals surface area contributed by atoms with E-state index in [9.17, 15) is 83.4 Å². The van der Waals surface area contributed by atoms with Crippen molar-refractivity contribution in [1.29, 1.82) is 0 Å². The Morgan fingerprint density at radius 3 is 0.779 bits per heavy atom. The highest BCUT2D eigenvalue weighted by atomic mass is 19.4. The lowest BCUT2D eigenvalue weighted by Gasteiger charge is -2.36. The number of hydrogen-bond acceptors (Lipinski definition) is 20. The van der Waals surface area contributed by atoms with E-state index in [0.29, 0.717) is 107 Å². The van der Waals surface area contributed by atoms with Crippen LogP contribution in [-0.2, 0) is 72.3 Å². The molecule has 0 aliphatic carbocycles. The van der Waals surface area contributed by atoms with E-state index in [0.717, 1.165) is 211 Å². The number of imidazole rings is 5. The number of benzene rings is 6. The zero-order valence-corrected chi connectivity index (χ0v) is 78.8. The largest absolute Gasteiger partial charge is 0.416 e. The predicted molar refractivity (Wildman–Crippen MR) is 517 cm³/mol. The summed E-state index contributed by atoms with van der Waals surface area (Å²) in [6, 6.07) is 44.1. The lowest BCUT2D eigenvalue weighted by molar-refractivity contribution is -0.138. The van der Waals surface area contributed by atoms with E-state index < -0.39 is 70.4 Å². The fourth-order valence-corrected chi connectivity index (χ4v) is 17.4. The molecule has 15 aromatic rings. The van der Waals surface area contributed by atoms with Gasteiger partial charge in [0.1, 0.15) is 11.6 Å². The molecule has 0 bridgehead atoms. The number of anilines is 10. The zero-order chi connectivity index (χ0) is 103. The van der Waals surface area contributed by atoms with Crippen LogP contribution in [0.2, 0.25) is 0 Å². The molecule has 0 unspecified atom stereocenters. The van der Waals surface area contributed by atoms with Crippen LogP contribution >= 0.6 is 0 Å². The molecule has 0 N–H and O–H groups in total. The second-order valence-corrected chi connectivity index (χ2v) is 34.8. The Morgan fingerprint density at radius 1 is 0.221 bits per heavy atom. The van der Waals surface area contributed by atoms with Crippen LogP contribution in [0.25, 0.3) is 56.3 Å². The average molecular weight is 2020 g/mol. The molecule has 0 saturated carbocycles. The van der Waals surface area contributed by atoms with Crippen molar-refractivity contribution in [2.75, 3.05) is 180 Å². The lowest BCUT2D eigenvalue weighted by atomic mass is 10.1. The number of alkyl halides is 18. The highest BCUT2D eigenvalue weighted by Gasteiger charge is 2.38. The first-order valence-electron chi connectivity index (χ1n) is 46.0. The summed E-state index contributed by atoms with van der Waals surface area (Å²) < 4.78 is 256. The average Bonchev–Trinajstić information content (AvgIpc) is 1.68. The Kier molecular flexibility index (Phi) is 30.7. The summed E-state index contributed by atoms with van der Waals surface area (Å²) in [5, 5.41) is 0. The molecule has 0 amide bonds. The Hall–Kier alpha value is -15.4. The molecule has 25 nitrogen and oxygen atoms in total. The van der Waals surface area contributed by atoms with Gasteiger partial charge in [0, 0.05) is 273 Å². The van der Waals surface area contributed by atoms with Crippen LogP contribution in [0, 0.1) is 5.82 Å². The molecule has 9 aromatic heterocycles. The van der Waals surface area contributed by atoms with Crippen LogP contribution in [0.4, 0.5) is 142 Å². The summed E-state index contributed by atoms with van der Waals surface area (Å²) in [6.07, 6.45) is -5.91. The molecule has 760 valence electrons. The second-order valence-electron chi connectivity index (χ2n) is 34.8. The van der Waals surface area contributed by atoms with E-state index in [1.165, 1.54) is 42.5 Å². The van der Waals surface area contributed by atoms with Gasteiger partial charge in [0.25, 0.3) is 0 Å². The van der Waals surface area contributed by atoms with Gasteiger partial charge in [-0.15, -0.1) is 0 Å². The molecule has 5 aliphatic rings. The monoisotopic (exact) mass is 2020 g/mol. The van der Waals surface area contributed by atoms with Gasteiger partial charge in [-0.3, -0.25) is 9.97 Å². The number of hydrogen-bond donors (Lipinski definition) is 0. The summed E-state index contributed by atoms with van der Waals surface area (Å²) in [4.78, 5) is 64.8. The zero-order valence-electron chi connectivity index (χ0n) is 78.8. The van der Waals surface area contributed by atoms with Crippen molar-refractivity contribution in [3.8, 4) is 56.3 Å². The molecule has 20 rings (SSSR count). The van der Waals surface area contributed by atoms with Gasteiger partial charge in [-0.1, -0.05) is 60.7 Å². The van der Waals surface area contributed by atoms with Gasteiger partial charge in [0.15, 0.2) is 0 Å². The minimum Gasteiger partial charge on any atom is -0.368 e. The molecule has 0 radical (unpaired) electrons. The number of piperazine rings is 5. The normalized spacial score (nSPS) is 15.2. The van der Waals surface area contributed by atoms with Crippen LogP contribution in [-0.4, -0.2) is 204 Å². The first-order chi connectivity index (χ1) is 69.1. The first kappa shape index (κ1) is 102. The highest BCUT2D eigenvalue weighted by Crippen LogP contribution is 2.41. The van der Waals surface area contributed by atoms with Gasteiger partial charge in [0.05, 0.1) is 73.7 Å². The SMILES string of the molecule is Cn1cc(-c2cccc(C(F)(F)F)c2)nc1N1CCN(c2cc(C(F)(F)F)ccn2)CC1.Cn1cc(-c2cccc(C(F)(F)F)c2)nc1N1CCN(c2ccc(F)cc2)CC1.Cn1cc(-c2cccc(C(F)(F)F)c2)nc1N1CCN(c2cccnc2)CC1.Cn1cc(-c2cccc(C(F)(F)F)c2)nc1N1CCN(c2ccncc2)CC1.Cn1cc(-c2cccc(C(F)(F)F)c2)nc1N1CCN(c2ncccn2)CC1. The molecule has 44 heteroatoms. The van der Waals surface area contributed by atoms with Crippen molar-refractivity contribution in [2.24, 2.45) is 35.2 Å². The highest BCUT2D eigenvalue weighted by molar-refractivity contribution is 5.68. The predicted octanol–water partition coefficient (Wildman–Crippen LogP) is 20.3. The first-order valence-corrected chi connectivity index (χ1v) is 46.0. The molecule has 5 fully saturated rings. The van der Waals surface area contributed by atoms with Gasteiger partial charge >= 0.3 is 37.1 Å². The third kappa shape index (κ3) is 25.4. The molecular weight excluding hydrogens is 1920 g/mol. The maximum atomic E-state index is 13.1. The topological polar surface area (TPSA) is 186 Å². The minimum atomic E-state index is -4.44. The summed E-state index contributed by atoms with van der Waals surface area (Å²) in [5.41, 5.74) is 3.71. The molecule has 145 heavy (non-hydrogen) atoms.